The smallest absolute Gasteiger partial charge is 0.257 e. The van der Waals surface area contributed by atoms with Gasteiger partial charge in [-0.25, -0.2) is 13.1 Å². The number of hydrogen-bond donors (Lipinski definition) is 1. The van der Waals surface area contributed by atoms with Crippen molar-refractivity contribution in [1.29, 1.82) is 0 Å². The molecule has 0 saturated carbocycles. The van der Waals surface area contributed by atoms with Crippen molar-refractivity contribution in [3.05, 3.63) is 60.2 Å². The van der Waals surface area contributed by atoms with Gasteiger partial charge in [0.25, 0.3) is 0 Å². The lowest BCUT2D eigenvalue weighted by Gasteiger charge is -2.24. The zero-order chi connectivity index (χ0) is 18.9. The Bertz CT molecular complexity index is 911. The predicted octanol–water partition coefficient (Wildman–Crippen LogP) is 3.46. The van der Waals surface area contributed by atoms with Gasteiger partial charge >= 0.3 is 6.18 Å². The van der Waals surface area contributed by atoms with Gasteiger partial charge in [-0.1, -0.05) is 30.3 Å². The number of hydrazone groups is 1. The molecule has 1 aliphatic rings. The average molecular weight is 383 g/mol. The SMILES string of the molecule is CNS(=O)(=O)c1ccc(N2N=C(C(F)(F)F)CC2c2ccccc2)cc1. The molecule has 1 aliphatic heterocycles. The van der Waals surface area contributed by atoms with Crippen LogP contribution in [0.15, 0.2) is 64.6 Å². The monoisotopic (exact) mass is 383 g/mol. The van der Waals surface area contributed by atoms with E-state index >= 15 is 0 Å². The van der Waals surface area contributed by atoms with E-state index in [0.717, 1.165) is 0 Å². The lowest BCUT2D eigenvalue weighted by molar-refractivity contribution is -0.0600. The van der Waals surface area contributed by atoms with Crippen LogP contribution < -0.4 is 9.73 Å². The van der Waals surface area contributed by atoms with Crippen molar-refractivity contribution in [2.45, 2.75) is 23.5 Å². The second-order valence-corrected chi connectivity index (χ2v) is 7.61. The van der Waals surface area contributed by atoms with Gasteiger partial charge in [0, 0.05) is 6.42 Å². The van der Waals surface area contributed by atoms with Crippen molar-refractivity contribution in [2.75, 3.05) is 12.1 Å². The maximum Gasteiger partial charge on any atom is 0.431 e. The van der Waals surface area contributed by atoms with Crippen LogP contribution in [0.1, 0.15) is 18.0 Å². The van der Waals surface area contributed by atoms with E-state index in [2.05, 4.69) is 9.82 Å². The first-order chi connectivity index (χ1) is 12.2. The molecule has 1 N–H and O–H groups in total. The second-order valence-electron chi connectivity index (χ2n) is 5.72. The van der Waals surface area contributed by atoms with Gasteiger partial charge in [-0.2, -0.15) is 18.3 Å². The maximum absolute atomic E-state index is 13.2. The molecular formula is C17H16F3N3O2S. The van der Waals surface area contributed by atoms with Gasteiger partial charge in [0.1, 0.15) is 5.71 Å². The summed E-state index contributed by atoms with van der Waals surface area (Å²) in [4.78, 5) is 0.0271. The van der Waals surface area contributed by atoms with Crippen molar-refractivity contribution in [1.82, 2.24) is 4.72 Å². The number of nitrogens with one attached hydrogen (secondary N) is 1. The lowest BCUT2D eigenvalue weighted by Crippen LogP contribution is -2.21. The van der Waals surface area contributed by atoms with Crippen LogP contribution in [0.2, 0.25) is 0 Å². The first kappa shape index (κ1) is 18.4. The van der Waals surface area contributed by atoms with Gasteiger partial charge in [-0.15, -0.1) is 0 Å². The van der Waals surface area contributed by atoms with Crippen LogP contribution in [0.4, 0.5) is 18.9 Å². The molecule has 9 heteroatoms. The van der Waals surface area contributed by atoms with Crippen LogP contribution in [0, 0.1) is 0 Å². The molecular weight excluding hydrogens is 367 g/mol. The van der Waals surface area contributed by atoms with E-state index in [1.165, 1.54) is 36.3 Å². The summed E-state index contributed by atoms with van der Waals surface area (Å²) in [6, 6.07) is 13.7. The van der Waals surface area contributed by atoms with Gasteiger partial charge in [0.15, 0.2) is 0 Å². The van der Waals surface area contributed by atoms with Crippen molar-refractivity contribution < 1.29 is 21.6 Å². The Morgan fingerprint density at radius 3 is 2.23 bits per heavy atom. The van der Waals surface area contributed by atoms with Crippen LogP contribution in [-0.4, -0.2) is 27.4 Å². The first-order valence-corrected chi connectivity index (χ1v) is 9.23. The van der Waals surface area contributed by atoms with E-state index < -0.39 is 28.0 Å². The topological polar surface area (TPSA) is 61.8 Å². The third-order valence-corrected chi connectivity index (χ3v) is 5.53. The molecule has 0 fully saturated rings. The van der Waals surface area contributed by atoms with Crippen LogP contribution in [-0.2, 0) is 10.0 Å². The standard InChI is InChI=1S/C17H16F3N3O2S/c1-21-26(24,25)14-9-7-13(8-10-14)23-15(12-5-3-2-4-6-12)11-16(22-23)17(18,19)20/h2-10,15,21H,11H2,1H3. The molecule has 1 unspecified atom stereocenters. The van der Waals surface area contributed by atoms with Crippen molar-refractivity contribution in [3.63, 3.8) is 0 Å². The summed E-state index contributed by atoms with van der Waals surface area (Å²) >= 11 is 0. The number of nitrogens with zero attached hydrogens (tertiary/aromatic N) is 2. The summed E-state index contributed by atoms with van der Waals surface area (Å²) in [5, 5.41) is 5.04. The molecule has 3 rings (SSSR count). The second kappa shape index (κ2) is 6.73. The summed E-state index contributed by atoms with van der Waals surface area (Å²) in [6.45, 7) is 0. The minimum Gasteiger partial charge on any atom is -0.257 e. The molecule has 0 aliphatic carbocycles. The fraction of sp³-hybridized carbons (Fsp3) is 0.235. The molecule has 2 aromatic carbocycles. The van der Waals surface area contributed by atoms with E-state index in [1.54, 1.807) is 30.3 Å². The molecule has 1 atom stereocenters. The van der Waals surface area contributed by atoms with Gasteiger partial charge in [0.2, 0.25) is 10.0 Å². The Balaban J connectivity index is 2.00. The highest BCUT2D eigenvalue weighted by Crippen LogP contribution is 2.39. The molecule has 2 aromatic rings. The molecule has 0 spiro atoms. The van der Waals surface area contributed by atoms with Crippen molar-refractivity contribution in [3.8, 4) is 0 Å². The number of halogens is 3. The lowest BCUT2D eigenvalue weighted by atomic mass is 10.0. The normalized spacial score (nSPS) is 18.1. The molecule has 0 saturated heterocycles. The van der Waals surface area contributed by atoms with E-state index in [9.17, 15) is 21.6 Å². The fourth-order valence-electron chi connectivity index (χ4n) is 2.75. The van der Waals surface area contributed by atoms with Crippen LogP contribution in [0.3, 0.4) is 0 Å². The van der Waals surface area contributed by atoms with Crippen LogP contribution in [0.5, 0.6) is 0 Å². The Morgan fingerprint density at radius 1 is 1.08 bits per heavy atom. The number of hydrogen-bond acceptors (Lipinski definition) is 4. The zero-order valence-corrected chi connectivity index (χ0v) is 14.6. The summed E-state index contributed by atoms with van der Waals surface area (Å²) in [5.74, 6) is 0. The molecule has 26 heavy (non-hydrogen) atoms. The van der Waals surface area contributed by atoms with Crippen LogP contribution >= 0.6 is 0 Å². The van der Waals surface area contributed by atoms with Crippen LogP contribution in [0.25, 0.3) is 0 Å². The Hall–Kier alpha value is -2.39. The Labute approximate surface area is 149 Å². The van der Waals surface area contributed by atoms with Gasteiger partial charge < -0.3 is 0 Å². The molecule has 0 radical (unpaired) electrons. The summed E-state index contributed by atoms with van der Waals surface area (Å²) in [5.41, 5.74) is 0.217. The molecule has 0 aromatic heterocycles. The summed E-state index contributed by atoms with van der Waals surface area (Å²) in [7, 11) is -2.34. The predicted molar refractivity (Wildman–Crippen MR) is 92.5 cm³/mol. The third kappa shape index (κ3) is 3.58. The molecule has 0 bridgehead atoms. The molecule has 0 amide bonds. The fourth-order valence-corrected chi connectivity index (χ4v) is 3.48. The molecule has 138 valence electrons. The van der Waals surface area contributed by atoms with Crippen molar-refractivity contribution in [2.24, 2.45) is 5.10 Å². The first-order valence-electron chi connectivity index (χ1n) is 7.75. The maximum atomic E-state index is 13.2. The number of sulfonamides is 1. The molecule has 5 nitrogen and oxygen atoms in total. The number of anilines is 1. The van der Waals surface area contributed by atoms with Gasteiger partial charge in [-0.3, -0.25) is 5.01 Å². The minimum atomic E-state index is -4.52. The minimum absolute atomic E-state index is 0.0271. The average Bonchev–Trinajstić information content (AvgIpc) is 3.08. The quantitative estimate of drug-likeness (QED) is 0.880. The number of alkyl halides is 3. The molecule has 1 heterocycles. The summed E-state index contributed by atoms with van der Waals surface area (Å²) < 4.78 is 65.3. The highest BCUT2D eigenvalue weighted by Gasteiger charge is 2.43. The third-order valence-electron chi connectivity index (χ3n) is 4.10. The van der Waals surface area contributed by atoms with E-state index in [-0.39, 0.29) is 11.3 Å². The van der Waals surface area contributed by atoms with E-state index in [0.29, 0.717) is 11.3 Å². The number of rotatable bonds is 4. The Kier molecular flexibility index (Phi) is 4.76. The zero-order valence-electron chi connectivity index (χ0n) is 13.7. The van der Waals surface area contributed by atoms with Gasteiger partial charge in [0.05, 0.1) is 16.6 Å². The number of benzene rings is 2. The van der Waals surface area contributed by atoms with E-state index in [1.807, 2.05) is 0 Å². The van der Waals surface area contributed by atoms with Crippen molar-refractivity contribution >= 4 is 21.4 Å². The highest BCUT2D eigenvalue weighted by molar-refractivity contribution is 7.89. The summed E-state index contributed by atoms with van der Waals surface area (Å²) in [6.07, 6.45) is -4.79. The van der Waals surface area contributed by atoms with E-state index in [4.69, 9.17) is 0 Å². The Morgan fingerprint density at radius 2 is 1.69 bits per heavy atom. The van der Waals surface area contributed by atoms with Gasteiger partial charge in [-0.05, 0) is 36.9 Å². The largest absolute Gasteiger partial charge is 0.431 e. The highest BCUT2D eigenvalue weighted by atomic mass is 32.2.